The number of nitrogens with one attached hydrogen (secondary N) is 1. The molecule has 0 heterocycles. The first-order valence-corrected chi connectivity index (χ1v) is 11.3. The fourth-order valence-corrected chi connectivity index (χ4v) is 3.46. The first-order chi connectivity index (χ1) is 14.5. The van der Waals surface area contributed by atoms with Crippen LogP contribution in [-0.4, -0.2) is 28.5 Å². The van der Waals surface area contributed by atoms with Gasteiger partial charge in [-0.25, -0.2) is 0 Å². The van der Waals surface area contributed by atoms with Gasteiger partial charge in [0, 0.05) is 23.3 Å². The van der Waals surface area contributed by atoms with Crippen molar-refractivity contribution in [2.45, 2.75) is 52.4 Å². The molecule has 1 atom stereocenters. The van der Waals surface area contributed by atoms with Gasteiger partial charge >= 0.3 is 5.97 Å². The molecule has 0 aliphatic heterocycles. The molecule has 0 saturated heterocycles. The van der Waals surface area contributed by atoms with E-state index in [-0.39, 0.29) is 24.0 Å². The molecule has 2 N–H and O–H groups in total. The standard InChI is InChI=1S/C22H25NO4S.C2H6/c1-16(22(27)23-28-14-7-3-6-13-20(24)25)18-11-8-12-19(15-18)21(26)17-9-4-2-5-10-17;1-2/h2,4-5,8-12,15-16H,3,6-7,13-14H2,1H3,(H,23,27)(H,24,25);1-2H3. The van der Waals surface area contributed by atoms with Gasteiger partial charge in [0.05, 0.1) is 5.92 Å². The van der Waals surface area contributed by atoms with Gasteiger partial charge in [0.15, 0.2) is 5.78 Å². The van der Waals surface area contributed by atoms with E-state index in [1.807, 2.05) is 45.0 Å². The number of benzene rings is 2. The van der Waals surface area contributed by atoms with Gasteiger partial charge in [-0.2, -0.15) is 0 Å². The Kier molecular flexibility index (Phi) is 12.2. The SMILES string of the molecule is CC.CC(C(=O)NSCCCCCC(=O)O)c1cccc(C(=O)c2ccccc2)c1. The van der Waals surface area contributed by atoms with Gasteiger partial charge in [-0.15, -0.1) is 0 Å². The quantitative estimate of drug-likeness (QED) is 0.282. The van der Waals surface area contributed by atoms with Gasteiger partial charge in [-0.3, -0.25) is 19.1 Å². The van der Waals surface area contributed by atoms with E-state index in [0.29, 0.717) is 17.5 Å². The number of carboxylic acid groups (broad SMARTS) is 1. The van der Waals surface area contributed by atoms with Gasteiger partial charge in [0.2, 0.25) is 5.91 Å². The molecule has 2 aromatic carbocycles. The zero-order chi connectivity index (χ0) is 22.4. The topological polar surface area (TPSA) is 83.5 Å². The summed E-state index contributed by atoms with van der Waals surface area (Å²) in [6.07, 6.45) is 2.52. The van der Waals surface area contributed by atoms with Crippen molar-refractivity contribution in [3.05, 3.63) is 71.3 Å². The van der Waals surface area contributed by atoms with Gasteiger partial charge < -0.3 is 5.11 Å². The summed E-state index contributed by atoms with van der Waals surface area (Å²) in [5, 5.41) is 8.59. The Bertz CT molecular complexity index is 808. The van der Waals surface area contributed by atoms with E-state index in [0.717, 1.165) is 24.2 Å². The Morgan fingerprint density at radius 3 is 2.27 bits per heavy atom. The highest BCUT2D eigenvalue weighted by atomic mass is 32.2. The number of rotatable bonds is 11. The molecule has 0 aromatic heterocycles. The molecule has 162 valence electrons. The van der Waals surface area contributed by atoms with E-state index in [1.54, 1.807) is 30.3 Å². The smallest absolute Gasteiger partial charge is 0.303 e. The third-order valence-electron chi connectivity index (χ3n) is 4.39. The Hall–Kier alpha value is -2.60. The number of ketones is 1. The molecule has 1 amide bonds. The van der Waals surface area contributed by atoms with Crippen molar-refractivity contribution >= 4 is 29.6 Å². The predicted molar refractivity (Wildman–Crippen MR) is 123 cm³/mol. The van der Waals surface area contributed by atoms with Crippen LogP contribution in [-0.2, 0) is 9.59 Å². The summed E-state index contributed by atoms with van der Waals surface area (Å²) >= 11 is 1.34. The fourth-order valence-electron chi connectivity index (χ4n) is 2.69. The minimum Gasteiger partial charge on any atom is -0.481 e. The number of hydrogen-bond acceptors (Lipinski definition) is 4. The zero-order valence-electron chi connectivity index (χ0n) is 17.9. The third kappa shape index (κ3) is 8.82. The van der Waals surface area contributed by atoms with Crippen LogP contribution in [0.2, 0.25) is 0 Å². The Labute approximate surface area is 183 Å². The fraction of sp³-hybridized carbons (Fsp3) is 0.375. The molecule has 0 bridgehead atoms. The lowest BCUT2D eigenvalue weighted by atomic mass is 9.95. The van der Waals surface area contributed by atoms with Crippen LogP contribution in [0.15, 0.2) is 54.6 Å². The van der Waals surface area contributed by atoms with E-state index in [9.17, 15) is 14.4 Å². The van der Waals surface area contributed by atoms with Crippen LogP contribution < -0.4 is 4.72 Å². The van der Waals surface area contributed by atoms with Crippen molar-refractivity contribution in [1.82, 2.24) is 4.72 Å². The number of carbonyl (C=O) groups is 3. The lowest BCUT2D eigenvalue weighted by molar-refractivity contribution is -0.137. The predicted octanol–water partition coefficient (Wildman–Crippen LogP) is 5.46. The van der Waals surface area contributed by atoms with Crippen molar-refractivity contribution in [3.63, 3.8) is 0 Å². The molecular weight excluding hydrogens is 398 g/mol. The highest BCUT2D eigenvalue weighted by Gasteiger charge is 2.17. The summed E-state index contributed by atoms with van der Waals surface area (Å²) in [5.41, 5.74) is 1.98. The maximum absolute atomic E-state index is 12.6. The van der Waals surface area contributed by atoms with Crippen LogP contribution in [0.4, 0.5) is 0 Å². The van der Waals surface area contributed by atoms with Crippen LogP contribution in [0.1, 0.15) is 73.9 Å². The maximum atomic E-state index is 12.6. The summed E-state index contributed by atoms with van der Waals surface area (Å²) in [4.78, 5) is 35.4. The Morgan fingerprint density at radius 2 is 1.60 bits per heavy atom. The maximum Gasteiger partial charge on any atom is 0.303 e. The van der Waals surface area contributed by atoms with Crippen LogP contribution in [0.3, 0.4) is 0 Å². The number of unbranched alkanes of at least 4 members (excludes halogenated alkanes) is 2. The van der Waals surface area contributed by atoms with Crippen molar-refractivity contribution in [1.29, 1.82) is 0 Å². The summed E-state index contributed by atoms with van der Waals surface area (Å²) in [5.74, 6) is -0.582. The van der Waals surface area contributed by atoms with Crippen molar-refractivity contribution in [2.24, 2.45) is 0 Å². The molecule has 5 nitrogen and oxygen atoms in total. The molecule has 0 aliphatic carbocycles. The number of hydrogen-bond donors (Lipinski definition) is 2. The monoisotopic (exact) mass is 429 g/mol. The van der Waals surface area contributed by atoms with Crippen LogP contribution in [0.25, 0.3) is 0 Å². The number of aliphatic carboxylic acids is 1. The molecule has 0 fully saturated rings. The molecule has 2 aromatic rings. The molecule has 1 unspecified atom stereocenters. The summed E-state index contributed by atoms with van der Waals surface area (Å²) in [7, 11) is 0. The van der Waals surface area contributed by atoms with E-state index in [2.05, 4.69) is 4.72 Å². The second kappa shape index (κ2) is 14.4. The first-order valence-electron chi connectivity index (χ1n) is 10.3. The molecule has 2 rings (SSSR count). The van der Waals surface area contributed by atoms with E-state index in [1.165, 1.54) is 11.9 Å². The summed E-state index contributed by atoms with van der Waals surface area (Å²) in [6.45, 7) is 5.81. The van der Waals surface area contributed by atoms with Crippen LogP contribution in [0, 0.1) is 0 Å². The molecular formula is C24H31NO4S. The molecule has 0 radical (unpaired) electrons. The lowest BCUT2D eigenvalue weighted by Gasteiger charge is -2.13. The van der Waals surface area contributed by atoms with E-state index < -0.39 is 5.97 Å². The first kappa shape index (κ1) is 25.4. The highest BCUT2D eigenvalue weighted by Crippen LogP contribution is 2.20. The minimum absolute atomic E-state index is 0.0641. The largest absolute Gasteiger partial charge is 0.481 e. The second-order valence-corrected chi connectivity index (χ2v) is 7.46. The van der Waals surface area contributed by atoms with Gasteiger partial charge in [0.1, 0.15) is 0 Å². The van der Waals surface area contributed by atoms with Gasteiger partial charge in [0.25, 0.3) is 0 Å². The highest BCUT2D eigenvalue weighted by molar-refractivity contribution is 7.97. The number of carboxylic acids is 1. The molecule has 0 aliphatic rings. The van der Waals surface area contributed by atoms with Crippen molar-refractivity contribution in [2.75, 3.05) is 5.75 Å². The van der Waals surface area contributed by atoms with Crippen molar-refractivity contribution < 1.29 is 19.5 Å². The Morgan fingerprint density at radius 1 is 0.933 bits per heavy atom. The number of amides is 1. The van der Waals surface area contributed by atoms with Crippen molar-refractivity contribution in [3.8, 4) is 0 Å². The van der Waals surface area contributed by atoms with E-state index >= 15 is 0 Å². The van der Waals surface area contributed by atoms with Gasteiger partial charge in [-0.1, -0.05) is 80.7 Å². The molecule has 30 heavy (non-hydrogen) atoms. The molecule has 0 saturated carbocycles. The summed E-state index contributed by atoms with van der Waals surface area (Å²) in [6, 6.07) is 16.2. The molecule has 6 heteroatoms. The Balaban J connectivity index is 0.00000218. The van der Waals surface area contributed by atoms with E-state index in [4.69, 9.17) is 5.11 Å². The van der Waals surface area contributed by atoms with Crippen LogP contribution >= 0.6 is 11.9 Å². The van der Waals surface area contributed by atoms with Crippen LogP contribution in [0.5, 0.6) is 0 Å². The third-order valence-corrected chi connectivity index (χ3v) is 5.23. The second-order valence-electron chi connectivity index (χ2n) is 6.56. The van der Waals surface area contributed by atoms with Gasteiger partial charge in [-0.05, 0) is 31.4 Å². The average Bonchev–Trinajstić information content (AvgIpc) is 2.79. The lowest BCUT2D eigenvalue weighted by Crippen LogP contribution is -2.22. The average molecular weight is 430 g/mol. The molecule has 0 spiro atoms. The number of carbonyl (C=O) groups excluding carboxylic acids is 2. The zero-order valence-corrected chi connectivity index (χ0v) is 18.7. The normalized spacial score (nSPS) is 11.0. The summed E-state index contributed by atoms with van der Waals surface area (Å²) < 4.78 is 2.84. The minimum atomic E-state index is -0.775.